The van der Waals surface area contributed by atoms with E-state index < -0.39 is 6.10 Å². The smallest absolute Gasteiger partial charge is 0.0816 e. The standard InChI is InChI=1S/C14H19BrClNO3/c15-10-1-2-12(13(16)7-10)14(19)3-4-17-5-6-20-9-11(17)8-18/h1-2,7,11,14,18-19H,3-6,8-9H2. The van der Waals surface area contributed by atoms with Crippen molar-refractivity contribution in [2.75, 3.05) is 32.9 Å². The van der Waals surface area contributed by atoms with Crippen LogP contribution in [0, 0.1) is 0 Å². The highest BCUT2D eigenvalue weighted by Gasteiger charge is 2.23. The number of benzene rings is 1. The molecule has 0 spiro atoms. The molecule has 2 atom stereocenters. The Morgan fingerprint density at radius 3 is 3.00 bits per heavy atom. The number of hydrogen-bond donors (Lipinski definition) is 2. The molecule has 0 bridgehead atoms. The van der Waals surface area contributed by atoms with Crippen LogP contribution in [-0.4, -0.2) is 54.1 Å². The molecule has 1 aromatic rings. The predicted octanol–water partition coefficient (Wildman–Crippen LogP) is 2.22. The third-order valence-corrected chi connectivity index (χ3v) is 4.39. The van der Waals surface area contributed by atoms with Crippen molar-refractivity contribution in [3.63, 3.8) is 0 Å². The van der Waals surface area contributed by atoms with Gasteiger partial charge in [0.2, 0.25) is 0 Å². The maximum Gasteiger partial charge on any atom is 0.0816 e. The molecule has 1 heterocycles. The van der Waals surface area contributed by atoms with Crippen molar-refractivity contribution in [1.82, 2.24) is 4.90 Å². The molecule has 6 heteroatoms. The average molecular weight is 365 g/mol. The second-order valence-corrected chi connectivity index (χ2v) is 6.24. The molecule has 2 N–H and O–H groups in total. The minimum atomic E-state index is -0.599. The maximum absolute atomic E-state index is 10.3. The molecule has 0 radical (unpaired) electrons. The summed E-state index contributed by atoms with van der Waals surface area (Å²) in [5.74, 6) is 0. The Morgan fingerprint density at radius 1 is 1.50 bits per heavy atom. The number of morpholine rings is 1. The van der Waals surface area contributed by atoms with E-state index in [1.54, 1.807) is 6.07 Å². The summed E-state index contributed by atoms with van der Waals surface area (Å²) in [6, 6.07) is 5.51. The lowest BCUT2D eigenvalue weighted by molar-refractivity contribution is -0.0321. The molecule has 1 aliphatic rings. The molecule has 112 valence electrons. The molecule has 0 saturated carbocycles. The van der Waals surface area contributed by atoms with Gasteiger partial charge in [0.15, 0.2) is 0 Å². The molecule has 0 amide bonds. The van der Waals surface area contributed by atoms with E-state index in [-0.39, 0.29) is 12.6 Å². The van der Waals surface area contributed by atoms with E-state index in [0.29, 0.717) is 31.2 Å². The van der Waals surface area contributed by atoms with E-state index in [1.807, 2.05) is 12.1 Å². The summed E-state index contributed by atoms with van der Waals surface area (Å²) in [7, 11) is 0. The molecule has 1 fully saturated rings. The van der Waals surface area contributed by atoms with Gasteiger partial charge in [0.05, 0.1) is 32.0 Å². The topological polar surface area (TPSA) is 52.9 Å². The highest BCUT2D eigenvalue weighted by Crippen LogP contribution is 2.28. The molecular formula is C14H19BrClNO3. The minimum absolute atomic E-state index is 0.0244. The first-order chi connectivity index (χ1) is 9.61. The van der Waals surface area contributed by atoms with Crippen LogP contribution in [-0.2, 0) is 4.74 Å². The van der Waals surface area contributed by atoms with Gasteiger partial charge < -0.3 is 14.9 Å². The summed E-state index contributed by atoms with van der Waals surface area (Å²) in [6.07, 6.45) is -0.0181. The Morgan fingerprint density at radius 2 is 2.30 bits per heavy atom. The van der Waals surface area contributed by atoms with Gasteiger partial charge in [-0.1, -0.05) is 33.6 Å². The van der Waals surface area contributed by atoms with Crippen molar-refractivity contribution in [1.29, 1.82) is 0 Å². The second-order valence-electron chi connectivity index (χ2n) is 4.92. The van der Waals surface area contributed by atoms with Crippen molar-refractivity contribution in [3.8, 4) is 0 Å². The highest BCUT2D eigenvalue weighted by molar-refractivity contribution is 9.10. The molecule has 1 aliphatic heterocycles. The van der Waals surface area contributed by atoms with E-state index in [1.165, 1.54) is 0 Å². The van der Waals surface area contributed by atoms with Crippen molar-refractivity contribution in [3.05, 3.63) is 33.3 Å². The fourth-order valence-electron chi connectivity index (χ4n) is 2.37. The second kappa shape index (κ2) is 7.73. The molecule has 0 aromatic heterocycles. The summed E-state index contributed by atoms with van der Waals surface area (Å²) in [5.41, 5.74) is 0.740. The van der Waals surface area contributed by atoms with Gasteiger partial charge in [0.25, 0.3) is 0 Å². The first-order valence-corrected chi connectivity index (χ1v) is 7.84. The predicted molar refractivity (Wildman–Crippen MR) is 82.0 cm³/mol. The maximum atomic E-state index is 10.3. The molecule has 1 saturated heterocycles. The number of halogens is 2. The van der Waals surface area contributed by atoms with Gasteiger partial charge in [-0.15, -0.1) is 0 Å². The normalized spacial score (nSPS) is 21.9. The minimum Gasteiger partial charge on any atom is -0.395 e. The van der Waals surface area contributed by atoms with Crippen LogP contribution in [0.15, 0.2) is 22.7 Å². The summed E-state index contributed by atoms with van der Waals surface area (Å²) in [6.45, 7) is 2.79. The largest absolute Gasteiger partial charge is 0.395 e. The van der Waals surface area contributed by atoms with E-state index >= 15 is 0 Å². The van der Waals surface area contributed by atoms with Crippen molar-refractivity contribution in [2.45, 2.75) is 18.6 Å². The molecule has 2 rings (SSSR count). The number of nitrogens with zero attached hydrogens (tertiary/aromatic N) is 1. The van der Waals surface area contributed by atoms with E-state index in [2.05, 4.69) is 20.8 Å². The quantitative estimate of drug-likeness (QED) is 0.841. The van der Waals surface area contributed by atoms with Gasteiger partial charge in [-0.3, -0.25) is 4.90 Å². The SMILES string of the molecule is OCC1COCCN1CCC(O)c1ccc(Br)cc1Cl. The Balaban J connectivity index is 1.92. The van der Waals surface area contributed by atoms with Crippen LogP contribution in [0.2, 0.25) is 5.02 Å². The third kappa shape index (κ3) is 4.16. The molecule has 20 heavy (non-hydrogen) atoms. The Labute approximate surface area is 132 Å². The molecule has 2 unspecified atom stereocenters. The molecular weight excluding hydrogens is 346 g/mol. The first-order valence-electron chi connectivity index (χ1n) is 6.67. The fourth-order valence-corrected chi connectivity index (χ4v) is 3.17. The molecule has 0 aliphatic carbocycles. The number of hydrogen-bond acceptors (Lipinski definition) is 4. The zero-order valence-electron chi connectivity index (χ0n) is 11.1. The van der Waals surface area contributed by atoms with Gasteiger partial charge >= 0.3 is 0 Å². The number of aliphatic hydroxyl groups excluding tert-OH is 2. The van der Waals surface area contributed by atoms with Gasteiger partial charge in [0, 0.05) is 22.6 Å². The van der Waals surface area contributed by atoms with Crippen LogP contribution >= 0.6 is 27.5 Å². The van der Waals surface area contributed by atoms with Crippen LogP contribution in [0.25, 0.3) is 0 Å². The van der Waals surface area contributed by atoms with Crippen LogP contribution in [0.1, 0.15) is 18.1 Å². The zero-order valence-corrected chi connectivity index (χ0v) is 13.5. The number of aliphatic hydroxyl groups is 2. The van der Waals surface area contributed by atoms with E-state index in [9.17, 15) is 10.2 Å². The lowest BCUT2D eigenvalue weighted by Crippen LogP contribution is -2.48. The van der Waals surface area contributed by atoms with Crippen molar-refractivity contribution >= 4 is 27.5 Å². The zero-order chi connectivity index (χ0) is 14.5. The number of rotatable bonds is 5. The Kier molecular flexibility index (Phi) is 6.26. The lowest BCUT2D eigenvalue weighted by atomic mass is 10.1. The van der Waals surface area contributed by atoms with Crippen LogP contribution in [0.4, 0.5) is 0 Å². The molecule has 1 aromatic carbocycles. The van der Waals surface area contributed by atoms with Gasteiger partial charge in [-0.2, -0.15) is 0 Å². The average Bonchev–Trinajstić information content (AvgIpc) is 2.45. The summed E-state index contributed by atoms with van der Waals surface area (Å²) in [5, 5.41) is 20.1. The van der Waals surface area contributed by atoms with Crippen molar-refractivity contribution < 1.29 is 14.9 Å². The fraction of sp³-hybridized carbons (Fsp3) is 0.571. The summed E-state index contributed by atoms with van der Waals surface area (Å²) < 4.78 is 6.23. The van der Waals surface area contributed by atoms with Gasteiger partial charge in [0.1, 0.15) is 0 Å². The number of ether oxygens (including phenoxy) is 1. The van der Waals surface area contributed by atoms with E-state index in [0.717, 1.165) is 16.6 Å². The summed E-state index contributed by atoms with van der Waals surface area (Å²) >= 11 is 9.49. The van der Waals surface area contributed by atoms with Crippen molar-refractivity contribution in [2.24, 2.45) is 0 Å². The Bertz CT molecular complexity index is 446. The van der Waals surface area contributed by atoms with Crippen LogP contribution < -0.4 is 0 Å². The first kappa shape index (κ1) is 16.2. The summed E-state index contributed by atoms with van der Waals surface area (Å²) in [4.78, 5) is 2.15. The van der Waals surface area contributed by atoms with Crippen LogP contribution in [0.5, 0.6) is 0 Å². The van der Waals surface area contributed by atoms with Gasteiger partial charge in [-0.05, 0) is 24.1 Å². The van der Waals surface area contributed by atoms with E-state index in [4.69, 9.17) is 16.3 Å². The monoisotopic (exact) mass is 363 g/mol. The third-order valence-electron chi connectivity index (χ3n) is 3.57. The Hall–Kier alpha value is -0.170. The molecule has 4 nitrogen and oxygen atoms in total. The van der Waals surface area contributed by atoms with Gasteiger partial charge in [-0.25, -0.2) is 0 Å². The lowest BCUT2D eigenvalue weighted by Gasteiger charge is -2.34. The van der Waals surface area contributed by atoms with Crippen LogP contribution in [0.3, 0.4) is 0 Å². The highest BCUT2D eigenvalue weighted by atomic mass is 79.9.